The van der Waals surface area contributed by atoms with Crippen LogP contribution in [0.15, 0.2) is 24.3 Å². The molecule has 1 aromatic carbocycles. The third-order valence-electron chi connectivity index (χ3n) is 3.98. The molecule has 3 nitrogen and oxygen atoms in total. The quantitative estimate of drug-likeness (QED) is 0.819. The van der Waals surface area contributed by atoms with Gasteiger partial charge in [-0.05, 0) is 36.8 Å². The fraction of sp³-hybridized carbons (Fsp3) is 0.500. The number of anilines is 1. The third kappa shape index (κ3) is 2.43. The van der Waals surface area contributed by atoms with Crippen molar-refractivity contribution < 1.29 is 9.90 Å². The van der Waals surface area contributed by atoms with Crippen LogP contribution in [-0.4, -0.2) is 17.6 Å². The first-order chi connectivity index (χ1) is 8.17. The van der Waals surface area contributed by atoms with E-state index in [1.54, 1.807) is 12.1 Å². The molecule has 2 N–H and O–H groups in total. The number of hydrogen-bond donors (Lipinski definition) is 2. The molecule has 0 unspecified atom stereocenters. The molecule has 0 atom stereocenters. The summed E-state index contributed by atoms with van der Waals surface area (Å²) in [4.78, 5) is 11.1. The zero-order chi connectivity index (χ0) is 12.3. The average molecular weight is 233 g/mol. The fourth-order valence-corrected chi connectivity index (χ4v) is 2.44. The van der Waals surface area contributed by atoms with Gasteiger partial charge in [-0.2, -0.15) is 0 Å². The van der Waals surface area contributed by atoms with Gasteiger partial charge in [0.25, 0.3) is 0 Å². The Bertz CT molecular complexity index is 405. The first-order valence-corrected chi connectivity index (χ1v) is 6.23. The molecule has 1 aliphatic rings. The van der Waals surface area contributed by atoms with Crippen LogP contribution in [0.5, 0.6) is 0 Å². The fourth-order valence-electron chi connectivity index (χ4n) is 2.44. The van der Waals surface area contributed by atoms with Crippen molar-refractivity contribution in [3.8, 4) is 0 Å². The number of rotatable bonds is 5. The molecule has 1 aliphatic carbocycles. The van der Waals surface area contributed by atoms with Gasteiger partial charge in [-0.1, -0.05) is 25.5 Å². The summed E-state index contributed by atoms with van der Waals surface area (Å²) in [5, 5.41) is 12.4. The zero-order valence-electron chi connectivity index (χ0n) is 10.2. The Morgan fingerprint density at radius 2 is 2.12 bits per heavy atom. The highest BCUT2D eigenvalue weighted by atomic mass is 16.4. The van der Waals surface area contributed by atoms with Crippen LogP contribution < -0.4 is 5.32 Å². The van der Waals surface area contributed by atoms with Crippen molar-refractivity contribution in [1.82, 2.24) is 0 Å². The van der Waals surface area contributed by atoms with Crippen molar-refractivity contribution >= 4 is 11.7 Å². The van der Waals surface area contributed by atoms with E-state index in [-0.39, 0.29) is 0 Å². The van der Waals surface area contributed by atoms with E-state index in [9.17, 15) is 4.79 Å². The standard InChI is InChI=1S/C14H19NO2/c1-2-14(8-5-9-14)10-15-12-7-4-3-6-11(12)13(16)17/h3-4,6-7,15H,2,5,8-10H2,1H3,(H,16,17). The number of aromatic carboxylic acids is 1. The zero-order valence-corrected chi connectivity index (χ0v) is 10.2. The number of benzene rings is 1. The van der Waals surface area contributed by atoms with Crippen molar-refractivity contribution in [1.29, 1.82) is 0 Å². The topological polar surface area (TPSA) is 49.3 Å². The molecule has 3 heteroatoms. The van der Waals surface area contributed by atoms with Gasteiger partial charge in [0.05, 0.1) is 5.56 Å². The molecule has 0 heterocycles. The lowest BCUT2D eigenvalue weighted by Gasteiger charge is -2.41. The molecule has 1 fully saturated rings. The van der Waals surface area contributed by atoms with E-state index in [0.717, 1.165) is 18.7 Å². The summed E-state index contributed by atoms with van der Waals surface area (Å²) in [6.45, 7) is 3.09. The highest BCUT2D eigenvalue weighted by molar-refractivity contribution is 5.94. The molecule has 0 aliphatic heterocycles. The van der Waals surface area contributed by atoms with Gasteiger partial charge in [0, 0.05) is 12.2 Å². The summed E-state index contributed by atoms with van der Waals surface area (Å²) in [7, 11) is 0. The number of nitrogens with one attached hydrogen (secondary N) is 1. The molecule has 0 amide bonds. The Balaban J connectivity index is 2.06. The van der Waals surface area contributed by atoms with Gasteiger partial charge in [0.1, 0.15) is 0 Å². The Morgan fingerprint density at radius 3 is 2.65 bits per heavy atom. The summed E-state index contributed by atoms with van der Waals surface area (Å²) in [5.41, 5.74) is 1.49. The molecule has 17 heavy (non-hydrogen) atoms. The van der Waals surface area contributed by atoms with Crippen molar-refractivity contribution in [3.05, 3.63) is 29.8 Å². The lowest BCUT2D eigenvalue weighted by Crippen LogP contribution is -2.36. The smallest absolute Gasteiger partial charge is 0.337 e. The molecule has 0 aromatic heterocycles. The molecule has 1 aromatic rings. The number of carboxylic acid groups (broad SMARTS) is 1. The van der Waals surface area contributed by atoms with E-state index in [0.29, 0.717) is 11.0 Å². The monoisotopic (exact) mass is 233 g/mol. The Kier molecular flexibility index (Phi) is 3.36. The lowest BCUT2D eigenvalue weighted by atomic mass is 9.67. The largest absolute Gasteiger partial charge is 0.478 e. The summed E-state index contributed by atoms with van der Waals surface area (Å²) in [6, 6.07) is 7.11. The Labute approximate surface area is 102 Å². The van der Waals surface area contributed by atoms with Crippen LogP contribution in [0.2, 0.25) is 0 Å². The van der Waals surface area contributed by atoms with E-state index >= 15 is 0 Å². The van der Waals surface area contributed by atoms with E-state index in [2.05, 4.69) is 12.2 Å². The number of carboxylic acids is 1. The number of carbonyl (C=O) groups is 1. The van der Waals surface area contributed by atoms with Crippen LogP contribution in [-0.2, 0) is 0 Å². The Hall–Kier alpha value is -1.51. The minimum Gasteiger partial charge on any atom is -0.478 e. The van der Waals surface area contributed by atoms with Gasteiger partial charge in [-0.3, -0.25) is 0 Å². The first kappa shape index (κ1) is 12.0. The molecule has 0 bridgehead atoms. The highest BCUT2D eigenvalue weighted by Crippen LogP contribution is 2.43. The van der Waals surface area contributed by atoms with Crippen LogP contribution in [0, 0.1) is 5.41 Å². The average Bonchev–Trinajstić information content (AvgIpc) is 2.28. The Morgan fingerprint density at radius 1 is 1.41 bits per heavy atom. The maximum atomic E-state index is 11.1. The van der Waals surface area contributed by atoms with E-state index < -0.39 is 5.97 Å². The molecule has 2 rings (SSSR count). The van der Waals surface area contributed by atoms with Crippen LogP contribution in [0.3, 0.4) is 0 Å². The molecule has 1 saturated carbocycles. The van der Waals surface area contributed by atoms with Crippen LogP contribution >= 0.6 is 0 Å². The number of para-hydroxylation sites is 1. The van der Waals surface area contributed by atoms with Crippen molar-refractivity contribution in [2.24, 2.45) is 5.41 Å². The molecular weight excluding hydrogens is 214 g/mol. The van der Waals surface area contributed by atoms with Crippen molar-refractivity contribution in [2.45, 2.75) is 32.6 Å². The van der Waals surface area contributed by atoms with Gasteiger partial charge >= 0.3 is 5.97 Å². The molecule has 92 valence electrons. The predicted molar refractivity (Wildman–Crippen MR) is 68.5 cm³/mol. The van der Waals surface area contributed by atoms with Gasteiger partial charge in [0.15, 0.2) is 0 Å². The molecule has 0 radical (unpaired) electrons. The summed E-state index contributed by atoms with van der Waals surface area (Å²) >= 11 is 0. The highest BCUT2D eigenvalue weighted by Gasteiger charge is 2.34. The van der Waals surface area contributed by atoms with E-state index in [1.807, 2.05) is 12.1 Å². The minimum absolute atomic E-state index is 0.359. The van der Waals surface area contributed by atoms with Crippen LogP contribution in [0.1, 0.15) is 43.0 Å². The lowest BCUT2D eigenvalue weighted by molar-refractivity contribution is 0.0697. The normalized spacial score (nSPS) is 17.2. The van der Waals surface area contributed by atoms with E-state index in [1.165, 1.54) is 19.3 Å². The summed E-state index contributed by atoms with van der Waals surface area (Å²) in [6.07, 6.45) is 4.98. The summed E-state index contributed by atoms with van der Waals surface area (Å²) in [5.74, 6) is -0.868. The third-order valence-corrected chi connectivity index (χ3v) is 3.98. The van der Waals surface area contributed by atoms with Gasteiger partial charge < -0.3 is 10.4 Å². The van der Waals surface area contributed by atoms with Crippen molar-refractivity contribution in [2.75, 3.05) is 11.9 Å². The van der Waals surface area contributed by atoms with Crippen molar-refractivity contribution in [3.63, 3.8) is 0 Å². The van der Waals surface area contributed by atoms with E-state index in [4.69, 9.17) is 5.11 Å². The van der Waals surface area contributed by atoms with Gasteiger partial charge in [-0.15, -0.1) is 0 Å². The number of hydrogen-bond acceptors (Lipinski definition) is 2. The maximum absolute atomic E-state index is 11.1. The van der Waals surface area contributed by atoms with Crippen LogP contribution in [0.25, 0.3) is 0 Å². The SMILES string of the molecule is CCC1(CNc2ccccc2C(=O)O)CCC1. The molecule has 0 saturated heterocycles. The second kappa shape index (κ2) is 4.78. The first-order valence-electron chi connectivity index (χ1n) is 6.23. The minimum atomic E-state index is -0.868. The van der Waals surface area contributed by atoms with Gasteiger partial charge in [-0.25, -0.2) is 4.79 Å². The second-order valence-electron chi connectivity index (χ2n) is 4.91. The second-order valence-corrected chi connectivity index (χ2v) is 4.91. The predicted octanol–water partition coefficient (Wildman–Crippen LogP) is 3.38. The van der Waals surface area contributed by atoms with Gasteiger partial charge in [0.2, 0.25) is 0 Å². The summed E-state index contributed by atoms with van der Waals surface area (Å²) < 4.78 is 0. The maximum Gasteiger partial charge on any atom is 0.337 e. The molecular formula is C14H19NO2. The molecule has 0 spiro atoms. The van der Waals surface area contributed by atoms with Crippen LogP contribution in [0.4, 0.5) is 5.69 Å².